The van der Waals surface area contributed by atoms with Gasteiger partial charge in [-0.1, -0.05) is 26.0 Å². The predicted octanol–water partition coefficient (Wildman–Crippen LogP) is 3.62. The average Bonchev–Trinajstić information content (AvgIpc) is 2.51. The van der Waals surface area contributed by atoms with Gasteiger partial charge in [0.1, 0.15) is 10.7 Å². The number of benzene rings is 1. The van der Waals surface area contributed by atoms with Crippen LogP contribution in [-0.2, 0) is 10.0 Å². The number of rotatable bonds is 6. The highest BCUT2D eigenvalue weighted by molar-refractivity contribution is 9.10. The van der Waals surface area contributed by atoms with Crippen molar-refractivity contribution in [2.45, 2.75) is 18.7 Å². The molecular formula is C15H18BrN3O2S. The van der Waals surface area contributed by atoms with Crippen LogP contribution in [0.1, 0.15) is 13.8 Å². The van der Waals surface area contributed by atoms with Crippen LogP contribution in [0.4, 0.5) is 11.5 Å². The Morgan fingerprint density at radius 2 is 1.82 bits per heavy atom. The predicted molar refractivity (Wildman–Crippen MR) is 91.8 cm³/mol. The van der Waals surface area contributed by atoms with Crippen LogP contribution in [0, 0.1) is 0 Å². The first kappa shape index (κ1) is 16.9. The molecule has 0 saturated heterocycles. The summed E-state index contributed by atoms with van der Waals surface area (Å²) in [6.45, 7) is 4.51. The Hall–Kier alpha value is -1.44. The Balaban J connectivity index is 2.22. The number of halogens is 1. The summed E-state index contributed by atoms with van der Waals surface area (Å²) in [5.41, 5.74) is 0.870. The Bertz CT molecular complexity index is 729. The molecule has 0 radical (unpaired) electrons. The molecule has 1 N–H and O–H groups in total. The maximum absolute atomic E-state index is 12.4. The van der Waals surface area contributed by atoms with Crippen molar-refractivity contribution < 1.29 is 8.42 Å². The second kappa shape index (κ2) is 7.21. The molecule has 7 heteroatoms. The van der Waals surface area contributed by atoms with Crippen molar-refractivity contribution in [1.82, 2.24) is 9.29 Å². The maximum atomic E-state index is 12.4. The number of nitrogens with zero attached hydrogens (tertiary/aromatic N) is 2. The maximum Gasteiger partial charge on any atom is 0.244 e. The quantitative estimate of drug-likeness (QED) is 0.827. The second-order valence-electron chi connectivity index (χ2n) is 4.57. The third kappa shape index (κ3) is 3.66. The molecule has 0 atom stereocenters. The number of para-hydroxylation sites is 1. The lowest BCUT2D eigenvalue weighted by molar-refractivity contribution is 0.445. The van der Waals surface area contributed by atoms with Crippen molar-refractivity contribution in [2.75, 3.05) is 18.4 Å². The molecule has 0 fully saturated rings. The Morgan fingerprint density at radius 1 is 1.14 bits per heavy atom. The molecule has 2 aromatic rings. The van der Waals surface area contributed by atoms with Gasteiger partial charge in [0.15, 0.2) is 0 Å². The zero-order valence-corrected chi connectivity index (χ0v) is 14.9. The minimum Gasteiger partial charge on any atom is -0.339 e. The zero-order valence-electron chi connectivity index (χ0n) is 12.5. The molecule has 118 valence electrons. The van der Waals surface area contributed by atoms with E-state index in [2.05, 4.69) is 26.2 Å². The van der Waals surface area contributed by atoms with E-state index in [0.29, 0.717) is 18.9 Å². The van der Waals surface area contributed by atoms with Gasteiger partial charge >= 0.3 is 0 Å². The van der Waals surface area contributed by atoms with E-state index in [9.17, 15) is 8.42 Å². The van der Waals surface area contributed by atoms with E-state index < -0.39 is 10.0 Å². The number of nitrogens with one attached hydrogen (secondary N) is 1. The van der Waals surface area contributed by atoms with Crippen LogP contribution in [0.3, 0.4) is 0 Å². The van der Waals surface area contributed by atoms with Gasteiger partial charge < -0.3 is 5.32 Å². The number of sulfonamides is 1. The van der Waals surface area contributed by atoms with Crippen LogP contribution in [0.2, 0.25) is 0 Å². The van der Waals surface area contributed by atoms with Crippen LogP contribution in [0.25, 0.3) is 0 Å². The van der Waals surface area contributed by atoms with Gasteiger partial charge in [-0.05, 0) is 40.2 Å². The van der Waals surface area contributed by atoms with Crippen LogP contribution in [0.5, 0.6) is 0 Å². The fourth-order valence-corrected chi connectivity index (χ4v) is 3.81. The smallest absolute Gasteiger partial charge is 0.244 e. The summed E-state index contributed by atoms with van der Waals surface area (Å²) in [6.07, 6.45) is 1.38. The number of pyridine rings is 1. The van der Waals surface area contributed by atoms with Crippen molar-refractivity contribution in [3.63, 3.8) is 0 Å². The number of hydrogen-bond acceptors (Lipinski definition) is 4. The number of hydrogen-bond donors (Lipinski definition) is 1. The molecule has 0 amide bonds. The normalized spacial score (nSPS) is 11.6. The molecule has 0 aliphatic carbocycles. The van der Waals surface area contributed by atoms with E-state index >= 15 is 0 Å². The lowest BCUT2D eigenvalue weighted by Crippen LogP contribution is -2.30. The van der Waals surface area contributed by atoms with Gasteiger partial charge in [0.05, 0.1) is 5.69 Å². The summed E-state index contributed by atoms with van der Waals surface area (Å²) in [7, 11) is -3.47. The van der Waals surface area contributed by atoms with Crippen molar-refractivity contribution in [3.8, 4) is 0 Å². The van der Waals surface area contributed by atoms with Gasteiger partial charge in [0.25, 0.3) is 0 Å². The number of anilines is 2. The summed E-state index contributed by atoms with van der Waals surface area (Å²) in [4.78, 5) is 4.40. The van der Waals surface area contributed by atoms with E-state index in [1.54, 1.807) is 12.1 Å². The molecule has 5 nitrogen and oxygen atoms in total. The second-order valence-corrected chi connectivity index (χ2v) is 7.37. The molecule has 0 aliphatic rings. The van der Waals surface area contributed by atoms with E-state index in [-0.39, 0.29) is 4.90 Å². The minimum atomic E-state index is -3.47. The third-order valence-corrected chi connectivity index (χ3v) is 5.94. The largest absolute Gasteiger partial charge is 0.339 e. The molecule has 1 aromatic carbocycles. The monoisotopic (exact) mass is 383 g/mol. The van der Waals surface area contributed by atoms with Crippen LogP contribution < -0.4 is 5.32 Å². The van der Waals surface area contributed by atoms with Crippen LogP contribution >= 0.6 is 15.9 Å². The van der Waals surface area contributed by atoms with Gasteiger partial charge in [-0.3, -0.25) is 0 Å². The topological polar surface area (TPSA) is 62.3 Å². The zero-order chi connectivity index (χ0) is 16.2. The van der Waals surface area contributed by atoms with Gasteiger partial charge in [0, 0.05) is 23.8 Å². The summed E-state index contributed by atoms with van der Waals surface area (Å²) in [6, 6.07) is 10.9. The lowest BCUT2D eigenvalue weighted by Gasteiger charge is -2.18. The highest BCUT2D eigenvalue weighted by Crippen LogP contribution is 2.25. The highest BCUT2D eigenvalue weighted by atomic mass is 79.9. The van der Waals surface area contributed by atoms with Gasteiger partial charge in [-0.25, -0.2) is 13.4 Å². The molecule has 2 rings (SSSR count). The van der Waals surface area contributed by atoms with Crippen molar-refractivity contribution in [3.05, 3.63) is 47.1 Å². The van der Waals surface area contributed by atoms with Crippen LogP contribution in [0.15, 0.2) is 52.0 Å². The lowest BCUT2D eigenvalue weighted by atomic mass is 10.3. The summed E-state index contributed by atoms with van der Waals surface area (Å²) >= 11 is 3.44. The highest BCUT2D eigenvalue weighted by Gasteiger charge is 2.21. The fourth-order valence-electron chi connectivity index (χ4n) is 2.02. The summed E-state index contributed by atoms with van der Waals surface area (Å²) in [5.74, 6) is 0.588. The van der Waals surface area contributed by atoms with E-state index in [0.717, 1.165) is 10.2 Å². The van der Waals surface area contributed by atoms with Crippen molar-refractivity contribution in [1.29, 1.82) is 0 Å². The first-order chi connectivity index (χ1) is 10.5. The Labute approximate surface area is 139 Å². The molecule has 0 bridgehead atoms. The molecule has 0 saturated carbocycles. The Kier molecular flexibility index (Phi) is 5.55. The third-order valence-electron chi connectivity index (χ3n) is 3.22. The molecule has 22 heavy (non-hydrogen) atoms. The first-order valence-corrected chi connectivity index (χ1v) is 9.20. The number of aromatic nitrogens is 1. The van der Waals surface area contributed by atoms with Gasteiger partial charge in [-0.15, -0.1) is 0 Å². The summed E-state index contributed by atoms with van der Waals surface area (Å²) in [5, 5.41) is 3.14. The SMILES string of the molecule is CCN(CC)S(=O)(=O)c1ccc(Nc2ccccc2Br)nc1. The molecule has 0 unspecified atom stereocenters. The fraction of sp³-hybridized carbons (Fsp3) is 0.267. The van der Waals surface area contributed by atoms with Gasteiger partial charge in [0.2, 0.25) is 10.0 Å². The molecule has 0 aliphatic heterocycles. The molecule has 1 heterocycles. The standard InChI is InChI=1S/C15H18BrN3O2S/c1-3-19(4-2)22(20,21)12-9-10-15(17-11-12)18-14-8-6-5-7-13(14)16/h5-11H,3-4H2,1-2H3,(H,17,18). The Morgan fingerprint density at radius 3 is 2.36 bits per heavy atom. The van der Waals surface area contributed by atoms with Crippen molar-refractivity contribution >= 4 is 37.5 Å². The van der Waals surface area contributed by atoms with E-state index in [1.165, 1.54) is 10.5 Å². The van der Waals surface area contributed by atoms with Gasteiger partial charge in [-0.2, -0.15) is 4.31 Å². The van der Waals surface area contributed by atoms with E-state index in [4.69, 9.17) is 0 Å². The summed E-state index contributed by atoms with van der Waals surface area (Å²) < 4.78 is 27.1. The molecular weight excluding hydrogens is 366 g/mol. The van der Waals surface area contributed by atoms with E-state index in [1.807, 2.05) is 38.1 Å². The first-order valence-electron chi connectivity index (χ1n) is 6.96. The molecule has 0 spiro atoms. The minimum absolute atomic E-state index is 0.203. The van der Waals surface area contributed by atoms with Crippen molar-refractivity contribution in [2.24, 2.45) is 0 Å². The molecule has 1 aromatic heterocycles. The average molecular weight is 384 g/mol. The van der Waals surface area contributed by atoms with Crippen LogP contribution in [-0.4, -0.2) is 30.8 Å².